The lowest BCUT2D eigenvalue weighted by molar-refractivity contribution is 0.342. The van der Waals surface area contributed by atoms with Crippen LogP contribution in [-0.2, 0) is 20.2 Å². The maximum Gasteiger partial charge on any atom is 0.294 e. The zero-order valence-corrected chi connectivity index (χ0v) is 15.1. The van der Waals surface area contributed by atoms with Gasteiger partial charge in [-0.1, -0.05) is 48.2 Å². The number of rotatable bonds is 2. The van der Waals surface area contributed by atoms with Crippen LogP contribution in [-0.4, -0.2) is 49.4 Å². The minimum atomic E-state index is -4.00. The van der Waals surface area contributed by atoms with Crippen molar-refractivity contribution in [1.29, 1.82) is 0 Å². The van der Waals surface area contributed by atoms with Crippen molar-refractivity contribution in [2.24, 2.45) is 0 Å². The molecule has 142 valence electrons. The molecule has 0 radical (unpaired) electrons. The molecule has 0 aliphatic heterocycles. The number of hydrogen-bond acceptors (Lipinski definition) is 6. The molecule has 8 nitrogen and oxygen atoms in total. The second-order valence-electron chi connectivity index (χ2n) is 4.25. The van der Waals surface area contributed by atoms with E-state index in [1.54, 1.807) is 36.4 Å². The maximum absolute atomic E-state index is 10.4. The average molecular weight is 402 g/mol. The van der Waals surface area contributed by atoms with Crippen LogP contribution in [0.15, 0.2) is 70.5 Å². The monoisotopic (exact) mass is 402 g/mol. The zero-order chi connectivity index (χ0) is 20.1. The van der Waals surface area contributed by atoms with Crippen molar-refractivity contribution in [3.63, 3.8) is 0 Å². The molecule has 0 amide bonds. The van der Waals surface area contributed by atoms with Gasteiger partial charge in [0.25, 0.3) is 20.2 Å². The molecule has 10 heteroatoms. The van der Waals surface area contributed by atoms with Gasteiger partial charge in [-0.2, -0.15) is 16.8 Å². The third-order valence-electron chi connectivity index (χ3n) is 2.37. The lowest BCUT2D eigenvalue weighted by Crippen LogP contribution is -1.96. The molecular weight excluding hydrogens is 384 g/mol. The van der Waals surface area contributed by atoms with Crippen LogP contribution < -0.4 is 0 Å². The molecular formula is C16H18O8S2. The van der Waals surface area contributed by atoms with E-state index in [-0.39, 0.29) is 23.0 Å². The SMILES string of the molecule is O=S(=O)(O)c1ccccc1.O=S(=O)(O)c1ccccc1.OCC#CCO. The third kappa shape index (κ3) is 11.3. The van der Waals surface area contributed by atoms with E-state index in [4.69, 9.17) is 19.3 Å². The molecule has 0 bridgehead atoms. The van der Waals surface area contributed by atoms with Crippen LogP contribution in [0.25, 0.3) is 0 Å². The van der Waals surface area contributed by atoms with Crippen molar-refractivity contribution in [3.8, 4) is 11.8 Å². The van der Waals surface area contributed by atoms with Crippen LogP contribution in [0, 0.1) is 11.8 Å². The molecule has 26 heavy (non-hydrogen) atoms. The molecule has 0 aliphatic carbocycles. The van der Waals surface area contributed by atoms with Gasteiger partial charge in [0.1, 0.15) is 13.2 Å². The summed E-state index contributed by atoms with van der Waals surface area (Å²) in [4.78, 5) is -0.148. The Hall–Kier alpha value is -2.26. The van der Waals surface area contributed by atoms with E-state index in [0.717, 1.165) is 0 Å². The number of aliphatic hydroxyl groups excluding tert-OH is 2. The Morgan fingerprint density at radius 3 is 1.04 bits per heavy atom. The molecule has 0 heterocycles. The summed E-state index contributed by atoms with van der Waals surface area (Å²) in [6.45, 7) is -0.332. The lowest BCUT2D eigenvalue weighted by atomic mass is 10.4. The van der Waals surface area contributed by atoms with Crippen LogP contribution in [0.2, 0.25) is 0 Å². The van der Waals surface area contributed by atoms with Gasteiger partial charge in [-0.15, -0.1) is 0 Å². The van der Waals surface area contributed by atoms with E-state index in [1.807, 2.05) is 0 Å². The lowest BCUT2D eigenvalue weighted by Gasteiger charge is -1.92. The molecule has 2 aromatic rings. The summed E-state index contributed by atoms with van der Waals surface area (Å²) < 4.78 is 58.5. The minimum Gasteiger partial charge on any atom is -0.384 e. The van der Waals surface area contributed by atoms with Gasteiger partial charge in [0.05, 0.1) is 9.79 Å². The van der Waals surface area contributed by atoms with Crippen LogP contribution in [0.4, 0.5) is 0 Å². The minimum absolute atomic E-state index is 0.0741. The molecule has 4 N–H and O–H groups in total. The highest BCUT2D eigenvalue weighted by atomic mass is 32.2. The largest absolute Gasteiger partial charge is 0.384 e. The molecule has 0 saturated carbocycles. The highest BCUT2D eigenvalue weighted by Crippen LogP contribution is 2.05. The first-order valence-corrected chi connectivity index (χ1v) is 9.73. The smallest absolute Gasteiger partial charge is 0.294 e. The Morgan fingerprint density at radius 2 is 0.885 bits per heavy atom. The van der Waals surface area contributed by atoms with Gasteiger partial charge in [0.15, 0.2) is 0 Å². The van der Waals surface area contributed by atoms with Gasteiger partial charge in [-0.3, -0.25) is 9.11 Å². The Kier molecular flexibility index (Phi) is 11.1. The normalized spacial score (nSPS) is 10.2. The van der Waals surface area contributed by atoms with Crippen molar-refractivity contribution in [2.45, 2.75) is 9.79 Å². The van der Waals surface area contributed by atoms with Crippen molar-refractivity contribution in [1.82, 2.24) is 0 Å². The summed E-state index contributed by atoms with van der Waals surface area (Å²) in [6, 6.07) is 14.8. The number of aliphatic hydroxyl groups is 2. The summed E-state index contributed by atoms with van der Waals surface area (Å²) in [5, 5.41) is 15.8. The van der Waals surface area contributed by atoms with Crippen LogP contribution in [0.5, 0.6) is 0 Å². The van der Waals surface area contributed by atoms with Gasteiger partial charge < -0.3 is 10.2 Å². The molecule has 2 aromatic carbocycles. The summed E-state index contributed by atoms with van der Waals surface area (Å²) in [5.41, 5.74) is 0. The molecule has 0 saturated heterocycles. The Bertz CT molecular complexity index is 821. The predicted octanol–water partition coefficient (Wildman–Crippen LogP) is 0.841. The molecule has 0 atom stereocenters. The van der Waals surface area contributed by atoms with Crippen molar-refractivity contribution in [2.75, 3.05) is 13.2 Å². The van der Waals surface area contributed by atoms with E-state index in [2.05, 4.69) is 11.8 Å². The van der Waals surface area contributed by atoms with Crippen LogP contribution in [0.1, 0.15) is 0 Å². The van der Waals surface area contributed by atoms with Crippen molar-refractivity contribution >= 4 is 20.2 Å². The van der Waals surface area contributed by atoms with Gasteiger partial charge in [0.2, 0.25) is 0 Å². The second-order valence-corrected chi connectivity index (χ2v) is 7.09. The number of benzene rings is 2. The van der Waals surface area contributed by atoms with E-state index < -0.39 is 20.2 Å². The van der Waals surface area contributed by atoms with E-state index in [0.29, 0.717) is 0 Å². The second kappa shape index (κ2) is 12.2. The van der Waals surface area contributed by atoms with E-state index in [1.165, 1.54) is 24.3 Å². The van der Waals surface area contributed by atoms with Gasteiger partial charge >= 0.3 is 0 Å². The quantitative estimate of drug-likeness (QED) is 0.426. The average Bonchev–Trinajstić information content (AvgIpc) is 2.61. The fourth-order valence-electron chi connectivity index (χ4n) is 1.30. The topological polar surface area (TPSA) is 149 Å². The molecule has 0 unspecified atom stereocenters. The summed E-state index contributed by atoms with van der Waals surface area (Å²) in [5.74, 6) is 4.51. The molecule has 0 fully saturated rings. The molecule has 0 spiro atoms. The molecule has 0 aromatic heterocycles. The third-order valence-corrected chi connectivity index (χ3v) is 4.10. The summed E-state index contributed by atoms with van der Waals surface area (Å²) in [6.07, 6.45) is 0. The first kappa shape index (κ1) is 23.7. The fraction of sp³-hybridized carbons (Fsp3) is 0.125. The fourth-order valence-corrected chi connectivity index (χ4v) is 2.30. The van der Waals surface area contributed by atoms with E-state index >= 15 is 0 Å². The van der Waals surface area contributed by atoms with Crippen LogP contribution >= 0.6 is 0 Å². The van der Waals surface area contributed by atoms with Crippen molar-refractivity contribution < 1.29 is 36.2 Å². The van der Waals surface area contributed by atoms with Gasteiger partial charge in [-0.05, 0) is 24.3 Å². The highest BCUT2D eigenvalue weighted by Gasteiger charge is 2.06. The molecule has 2 rings (SSSR count). The summed E-state index contributed by atoms with van der Waals surface area (Å²) in [7, 11) is -8.01. The predicted molar refractivity (Wildman–Crippen MR) is 94.5 cm³/mol. The van der Waals surface area contributed by atoms with Crippen molar-refractivity contribution in [3.05, 3.63) is 60.7 Å². The number of hydrogen-bond donors (Lipinski definition) is 4. The standard InChI is InChI=1S/2C6H6O3S.C4H6O2/c2*7-10(8,9)6-4-2-1-3-5-6;5-3-1-2-4-6/h2*1-5H,(H,7,8,9);5-6H,3-4H2. The van der Waals surface area contributed by atoms with E-state index in [9.17, 15) is 16.8 Å². The van der Waals surface area contributed by atoms with Gasteiger partial charge in [0, 0.05) is 0 Å². The Morgan fingerprint density at radius 1 is 0.615 bits per heavy atom. The molecule has 0 aliphatic rings. The Balaban J connectivity index is 0.000000375. The summed E-state index contributed by atoms with van der Waals surface area (Å²) >= 11 is 0. The first-order valence-electron chi connectivity index (χ1n) is 6.85. The Labute approximate surface area is 152 Å². The van der Waals surface area contributed by atoms with Gasteiger partial charge in [-0.25, -0.2) is 0 Å². The first-order chi connectivity index (χ1) is 12.1. The maximum atomic E-state index is 10.4. The van der Waals surface area contributed by atoms with Crippen LogP contribution in [0.3, 0.4) is 0 Å². The zero-order valence-electron chi connectivity index (χ0n) is 13.4. The highest BCUT2D eigenvalue weighted by molar-refractivity contribution is 7.86.